The zero-order valence-electron chi connectivity index (χ0n) is 9.07. The van der Waals surface area contributed by atoms with Crippen LogP contribution < -0.4 is 10.5 Å². The highest BCUT2D eigenvalue weighted by molar-refractivity contribution is 5.42. The van der Waals surface area contributed by atoms with Crippen molar-refractivity contribution in [2.24, 2.45) is 11.7 Å². The Balaban J connectivity index is 1.83. The van der Waals surface area contributed by atoms with Crippen LogP contribution in [0.15, 0.2) is 18.2 Å². The highest BCUT2D eigenvalue weighted by atomic mass is 16.5. The molecule has 1 saturated carbocycles. The first-order valence-electron chi connectivity index (χ1n) is 5.77. The SMILES string of the molecule is C[C@H](N)[C@@H]1C[C@@H]1c1ccc2c(c1)CCO2. The summed E-state index contributed by atoms with van der Waals surface area (Å²) >= 11 is 0. The van der Waals surface area contributed by atoms with Crippen molar-refractivity contribution >= 4 is 0 Å². The molecule has 1 aliphatic heterocycles. The van der Waals surface area contributed by atoms with Crippen molar-refractivity contribution in [2.75, 3.05) is 6.61 Å². The predicted octanol–water partition coefficient (Wildman–Crippen LogP) is 2.07. The second kappa shape index (κ2) is 3.24. The third-order valence-corrected chi connectivity index (χ3v) is 3.66. The van der Waals surface area contributed by atoms with Crippen LogP contribution >= 0.6 is 0 Å². The van der Waals surface area contributed by atoms with Crippen LogP contribution in [-0.2, 0) is 6.42 Å². The molecule has 0 saturated heterocycles. The Morgan fingerprint density at radius 1 is 1.47 bits per heavy atom. The van der Waals surface area contributed by atoms with E-state index < -0.39 is 0 Å². The summed E-state index contributed by atoms with van der Waals surface area (Å²) in [5.74, 6) is 2.48. The van der Waals surface area contributed by atoms with Gasteiger partial charge in [-0.15, -0.1) is 0 Å². The van der Waals surface area contributed by atoms with Gasteiger partial charge in [0.1, 0.15) is 5.75 Å². The van der Waals surface area contributed by atoms with Crippen LogP contribution in [0.1, 0.15) is 30.4 Å². The van der Waals surface area contributed by atoms with E-state index in [2.05, 4.69) is 25.1 Å². The summed E-state index contributed by atoms with van der Waals surface area (Å²) in [5, 5.41) is 0. The van der Waals surface area contributed by atoms with E-state index in [4.69, 9.17) is 10.5 Å². The Hall–Kier alpha value is -1.02. The lowest BCUT2D eigenvalue weighted by molar-refractivity contribution is 0.357. The van der Waals surface area contributed by atoms with Gasteiger partial charge in [-0.25, -0.2) is 0 Å². The summed E-state index contributed by atoms with van der Waals surface area (Å²) in [6.07, 6.45) is 2.33. The molecule has 1 aliphatic carbocycles. The van der Waals surface area contributed by atoms with Gasteiger partial charge in [0.05, 0.1) is 6.61 Å². The third-order valence-electron chi connectivity index (χ3n) is 3.66. The molecule has 1 aromatic rings. The van der Waals surface area contributed by atoms with Crippen LogP contribution in [0.2, 0.25) is 0 Å². The normalized spacial score (nSPS) is 29.5. The van der Waals surface area contributed by atoms with E-state index >= 15 is 0 Å². The summed E-state index contributed by atoms with van der Waals surface area (Å²) < 4.78 is 5.50. The van der Waals surface area contributed by atoms with Gasteiger partial charge >= 0.3 is 0 Å². The molecule has 2 aliphatic rings. The van der Waals surface area contributed by atoms with Gasteiger partial charge < -0.3 is 10.5 Å². The molecule has 1 aromatic carbocycles. The zero-order valence-corrected chi connectivity index (χ0v) is 9.07. The van der Waals surface area contributed by atoms with Gasteiger partial charge in [-0.2, -0.15) is 0 Å². The maximum Gasteiger partial charge on any atom is 0.122 e. The minimum Gasteiger partial charge on any atom is -0.493 e. The number of nitrogens with two attached hydrogens (primary N) is 1. The van der Waals surface area contributed by atoms with Crippen molar-refractivity contribution < 1.29 is 4.74 Å². The monoisotopic (exact) mass is 203 g/mol. The minimum absolute atomic E-state index is 0.333. The smallest absolute Gasteiger partial charge is 0.122 e. The Bertz CT molecular complexity index is 386. The number of fused-ring (bicyclic) bond motifs is 1. The molecule has 3 atom stereocenters. The molecule has 80 valence electrons. The quantitative estimate of drug-likeness (QED) is 0.798. The molecule has 1 fully saturated rings. The minimum atomic E-state index is 0.333. The fraction of sp³-hybridized carbons (Fsp3) is 0.538. The average Bonchev–Trinajstić information content (AvgIpc) is 2.89. The summed E-state index contributed by atoms with van der Waals surface area (Å²) in [6, 6.07) is 6.97. The van der Waals surface area contributed by atoms with Gasteiger partial charge in [0.25, 0.3) is 0 Å². The summed E-state index contributed by atoms with van der Waals surface area (Å²) in [5.41, 5.74) is 8.75. The molecule has 2 N–H and O–H groups in total. The second-order valence-electron chi connectivity index (χ2n) is 4.83. The van der Waals surface area contributed by atoms with Crippen molar-refractivity contribution in [3.8, 4) is 5.75 Å². The van der Waals surface area contributed by atoms with Crippen molar-refractivity contribution in [1.29, 1.82) is 0 Å². The maximum atomic E-state index is 5.91. The molecule has 0 spiro atoms. The maximum absolute atomic E-state index is 5.91. The Morgan fingerprint density at radius 3 is 3.07 bits per heavy atom. The van der Waals surface area contributed by atoms with E-state index in [1.54, 1.807) is 0 Å². The molecule has 3 rings (SSSR count). The summed E-state index contributed by atoms with van der Waals surface area (Å²) in [6.45, 7) is 2.96. The van der Waals surface area contributed by atoms with E-state index in [1.165, 1.54) is 17.5 Å². The first-order valence-corrected chi connectivity index (χ1v) is 5.77. The number of rotatable bonds is 2. The standard InChI is InChI=1S/C13H17NO/c1-8(14)11-7-12(11)9-2-3-13-10(6-9)4-5-15-13/h2-3,6,8,11-12H,4-5,7,14H2,1H3/t8-,11-,12+/m0/s1. The molecular weight excluding hydrogens is 186 g/mol. The molecule has 15 heavy (non-hydrogen) atoms. The fourth-order valence-electron chi connectivity index (χ4n) is 2.62. The molecular formula is C13H17NO. The van der Waals surface area contributed by atoms with Gasteiger partial charge in [0.2, 0.25) is 0 Å². The number of ether oxygens (including phenoxy) is 1. The lowest BCUT2D eigenvalue weighted by atomic mass is 10.0. The number of benzene rings is 1. The molecule has 0 aromatic heterocycles. The largest absolute Gasteiger partial charge is 0.493 e. The first kappa shape index (κ1) is 9.22. The van der Waals surface area contributed by atoms with E-state index in [-0.39, 0.29) is 0 Å². The van der Waals surface area contributed by atoms with E-state index in [9.17, 15) is 0 Å². The molecule has 0 bridgehead atoms. The second-order valence-corrected chi connectivity index (χ2v) is 4.83. The van der Waals surface area contributed by atoms with Crippen molar-refractivity contribution in [1.82, 2.24) is 0 Å². The Labute approximate surface area is 90.4 Å². The summed E-state index contributed by atoms with van der Waals surface area (Å²) in [4.78, 5) is 0. The number of hydrogen-bond acceptors (Lipinski definition) is 2. The van der Waals surface area contributed by atoms with Crippen LogP contribution in [0, 0.1) is 5.92 Å². The van der Waals surface area contributed by atoms with Gasteiger partial charge in [-0.1, -0.05) is 12.1 Å². The summed E-state index contributed by atoms with van der Waals surface area (Å²) in [7, 11) is 0. The Morgan fingerprint density at radius 2 is 2.33 bits per heavy atom. The zero-order chi connectivity index (χ0) is 10.4. The van der Waals surface area contributed by atoms with Crippen LogP contribution in [0.25, 0.3) is 0 Å². The Kier molecular flexibility index (Phi) is 1.99. The third kappa shape index (κ3) is 1.53. The van der Waals surface area contributed by atoms with Gasteiger partial charge in [-0.3, -0.25) is 0 Å². The average molecular weight is 203 g/mol. The van der Waals surface area contributed by atoms with E-state index in [0.29, 0.717) is 17.9 Å². The molecule has 0 radical (unpaired) electrons. The highest BCUT2D eigenvalue weighted by Crippen LogP contribution is 2.49. The molecule has 2 heteroatoms. The highest BCUT2D eigenvalue weighted by Gasteiger charge is 2.40. The fourth-order valence-corrected chi connectivity index (χ4v) is 2.62. The van der Waals surface area contributed by atoms with Crippen molar-refractivity contribution in [2.45, 2.75) is 31.7 Å². The molecule has 2 nitrogen and oxygen atoms in total. The lowest BCUT2D eigenvalue weighted by Gasteiger charge is -2.05. The van der Waals surface area contributed by atoms with Crippen molar-refractivity contribution in [3.05, 3.63) is 29.3 Å². The molecule has 0 amide bonds. The van der Waals surface area contributed by atoms with Crippen LogP contribution in [0.4, 0.5) is 0 Å². The van der Waals surface area contributed by atoms with E-state index in [0.717, 1.165) is 18.8 Å². The topological polar surface area (TPSA) is 35.2 Å². The van der Waals surface area contributed by atoms with Gasteiger partial charge in [0.15, 0.2) is 0 Å². The predicted molar refractivity (Wildman–Crippen MR) is 60.1 cm³/mol. The lowest BCUT2D eigenvalue weighted by Crippen LogP contribution is -2.17. The molecule has 1 heterocycles. The van der Waals surface area contributed by atoms with Crippen molar-refractivity contribution in [3.63, 3.8) is 0 Å². The first-order chi connectivity index (χ1) is 7.25. The number of hydrogen-bond donors (Lipinski definition) is 1. The molecule has 0 unspecified atom stereocenters. The van der Waals surface area contributed by atoms with Gasteiger partial charge in [-0.05, 0) is 42.4 Å². The van der Waals surface area contributed by atoms with E-state index in [1.807, 2.05) is 0 Å². The van der Waals surface area contributed by atoms with Gasteiger partial charge in [0, 0.05) is 12.5 Å². The van der Waals surface area contributed by atoms with Crippen LogP contribution in [0.5, 0.6) is 5.75 Å². The van der Waals surface area contributed by atoms with Crippen LogP contribution in [-0.4, -0.2) is 12.6 Å². The van der Waals surface area contributed by atoms with Crippen LogP contribution in [0.3, 0.4) is 0 Å².